The Morgan fingerprint density at radius 1 is 1.10 bits per heavy atom. The summed E-state index contributed by atoms with van der Waals surface area (Å²) in [7, 11) is 0. The molecule has 1 rings (SSSR count). The number of rotatable bonds is 10. The number of aliphatic hydroxyl groups excluding tert-OH is 2. The van der Waals surface area contributed by atoms with Crippen molar-refractivity contribution in [1.29, 1.82) is 0 Å². The van der Waals surface area contributed by atoms with Crippen LogP contribution in [-0.2, 0) is 0 Å². The van der Waals surface area contributed by atoms with E-state index >= 15 is 0 Å². The fourth-order valence-corrected chi connectivity index (χ4v) is 1.92. The molecule has 0 aliphatic carbocycles. The van der Waals surface area contributed by atoms with E-state index in [0.717, 1.165) is 12.8 Å². The SMILES string of the molecule is CCCOc1ccc(C(O)C(N)CCO)cc1OCCC. The Bertz CT molecular complexity index is 411. The van der Waals surface area contributed by atoms with Gasteiger partial charge in [-0.1, -0.05) is 19.9 Å². The van der Waals surface area contributed by atoms with Crippen molar-refractivity contribution in [3.63, 3.8) is 0 Å². The first-order valence-corrected chi connectivity index (χ1v) is 7.58. The van der Waals surface area contributed by atoms with Crippen LogP contribution in [0.25, 0.3) is 0 Å². The van der Waals surface area contributed by atoms with E-state index in [0.29, 0.717) is 36.7 Å². The van der Waals surface area contributed by atoms with Crippen LogP contribution in [0.2, 0.25) is 0 Å². The number of benzene rings is 1. The van der Waals surface area contributed by atoms with E-state index in [2.05, 4.69) is 0 Å². The van der Waals surface area contributed by atoms with Gasteiger partial charge in [-0.3, -0.25) is 0 Å². The molecule has 0 aliphatic rings. The predicted octanol–water partition coefficient (Wildman–Crippen LogP) is 2.01. The lowest BCUT2D eigenvalue weighted by Gasteiger charge is -2.20. The Morgan fingerprint density at radius 2 is 1.71 bits per heavy atom. The first kappa shape index (κ1) is 17.8. The number of aliphatic hydroxyl groups is 2. The molecule has 0 aromatic heterocycles. The summed E-state index contributed by atoms with van der Waals surface area (Å²) in [6.07, 6.45) is 1.32. The maximum atomic E-state index is 10.2. The quantitative estimate of drug-likeness (QED) is 0.615. The van der Waals surface area contributed by atoms with E-state index in [4.69, 9.17) is 20.3 Å². The summed E-state index contributed by atoms with van der Waals surface area (Å²) in [4.78, 5) is 0. The third kappa shape index (κ3) is 5.53. The third-order valence-corrected chi connectivity index (χ3v) is 3.10. The lowest BCUT2D eigenvalue weighted by Crippen LogP contribution is -2.29. The van der Waals surface area contributed by atoms with Gasteiger partial charge in [-0.25, -0.2) is 0 Å². The Labute approximate surface area is 126 Å². The molecule has 120 valence electrons. The molecule has 4 N–H and O–H groups in total. The molecule has 0 heterocycles. The monoisotopic (exact) mass is 297 g/mol. The van der Waals surface area contributed by atoms with Gasteiger partial charge in [-0.2, -0.15) is 0 Å². The van der Waals surface area contributed by atoms with Crippen molar-refractivity contribution in [2.24, 2.45) is 5.73 Å². The number of hydrogen-bond donors (Lipinski definition) is 3. The van der Waals surface area contributed by atoms with E-state index in [-0.39, 0.29) is 6.61 Å². The molecule has 5 heteroatoms. The van der Waals surface area contributed by atoms with Crippen molar-refractivity contribution >= 4 is 0 Å². The van der Waals surface area contributed by atoms with Gasteiger partial charge in [0.1, 0.15) is 0 Å². The molecule has 2 atom stereocenters. The van der Waals surface area contributed by atoms with Crippen LogP contribution in [0, 0.1) is 0 Å². The largest absolute Gasteiger partial charge is 0.490 e. The fourth-order valence-electron chi connectivity index (χ4n) is 1.92. The van der Waals surface area contributed by atoms with Crippen LogP contribution >= 0.6 is 0 Å². The molecular formula is C16H27NO4. The van der Waals surface area contributed by atoms with E-state index in [1.54, 1.807) is 18.2 Å². The molecule has 0 fully saturated rings. The molecule has 0 saturated heterocycles. The molecule has 2 unspecified atom stereocenters. The smallest absolute Gasteiger partial charge is 0.161 e. The van der Waals surface area contributed by atoms with Crippen LogP contribution in [0.3, 0.4) is 0 Å². The standard InChI is InChI=1S/C16H27NO4/c1-3-9-20-14-6-5-12(11-15(14)21-10-4-2)16(19)13(17)7-8-18/h5-6,11,13,16,18-19H,3-4,7-10,17H2,1-2H3. The zero-order valence-corrected chi connectivity index (χ0v) is 12.9. The van der Waals surface area contributed by atoms with Gasteiger partial charge >= 0.3 is 0 Å². The summed E-state index contributed by atoms with van der Waals surface area (Å²) in [5, 5.41) is 19.1. The van der Waals surface area contributed by atoms with Crippen molar-refractivity contribution < 1.29 is 19.7 Å². The minimum Gasteiger partial charge on any atom is -0.490 e. The molecule has 1 aromatic carbocycles. The Kier molecular flexibility index (Phi) is 8.12. The van der Waals surface area contributed by atoms with Crippen molar-refractivity contribution in [1.82, 2.24) is 0 Å². The van der Waals surface area contributed by atoms with Gasteiger partial charge in [0, 0.05) is 12.6 Å². The van der Waals surface area contributed by atoms with Crippen LogP contribution in [0.5, 0.6) is 11.5 Å². The molecule has 0 bridgehead atoms. The molecule has 0 spiro atoms. The van der Waals surface area contributed by atoms with Crippen molar-refractivity contribution in [3.05, 3.63) is 23.8 Å². The van der Waals surface area contributed by atoms with E-state index in [9.17, 15) is 5.11 Å². The molecule has 1 aromatic rings. The summed E-state index contributed by atoms with van der Waals surface area (Å²) in [5.74, 6) is 1.30. The summed E-state index contributed by atoms with van der Waals surface area (Å²) in [6.45, 7) is 5.23. The van der Waals surface area contributed by atoms with Crippen LogP contribution in [0.4, 0.5) is 0 Å². The molecule has 0 saturated carbocycles. The summed E-state index contributed by atoms with van der Waals surface area (Å²) < 4.78 is 11.3. The van der Waals surface area contributed by atoms with Crippen molar-refractivity contribution in [2.45, 2.75) is 45.3 Å². The van der Waals surface area contributed by atoms with E-state index in [1.165, 1.54) is 0 Å². The van der Waals surface area contributed by atoms with Gasteiger partial charge in [0.25, 0.3) is 0 Å². The van der Waals surface area contributed by atoms with Gasteiger partial charge in [-0.15, -0.1) is 0 Å². The Hall–Kier alpha value is -1.30. The number of ether oxygens (including phenoxy) is 2. The highest BCUT2D eigenvalue weighted by atomic mass is 16.5. The summed E-state index contributed by atoms with van der Waals surface area (Å²) in [6, 6.07) is 4.84. The minimum atomic E-state index is -0.832. The van der Waals surface area contributed by atoms with Gasteiger partial charge in [0.05, 0.1) is 19.3 Å². The topological polar surface area (TPSA) is 84.9 Å². The molecule has 0 radical (unpaired) electrons. The second-order valence-corrected chi connectivity index (χ2v) is 5.02. The maximum Gasteiger partial charge on any atom is 0.161 e. The lowest BCUT2D eigenvalue weighted by molar-refractivity contribution is 0.128. The lowest BCUT2D eigenvalue weighted by atomic mass is 10.0. The maximum absolute atomic E-state index is 10.2. The van der Waals surface area contributed by atoms with Crippen LogP contribution < -0.4 is 15.2 Å². The number of nitrogens with two attached hydrogens (primary N) is 1. The Morgan fingerprint density at radius 3 is 2.29 bits per heavy atom. The predicted molar refractivity (Wildman–Crippen MR) is 82.7 cm³/mol. The second-order valence-electron chi connectivity index (χ2n) is 5.02. The average molecular weight is 297 g/mol. The third-order valence-electron chi connectivity index (χ3n) is 3.10. The van der Waals surface area contributed by atoms with Crippen LogP contribution in [-0.4, -0.2) is 36.1 Å². The zero-order valence-electron chi connectivity index (χ0n) is 12.9. The van der Waals surface area contributed by atoms with E-state index < -0.39 is 12.1 Å². The van der Waals surface area contributed by atoms with Gasteiger partial charge in [0.15, 0.2) is 11.5 Å². The highest BCUT2D eigenvalue weighted by Crippen LogP contribution is 2.32. The molecule has 0 aliphatic heterocycles. The van der Waals surface area contributed by atoms with Crippen LogP contribution in [0.1, 0.15) is 44.8 Å². The number of hydrogen-bond acceptors (Lipinski definition) is 5. The molecule has 5 nitrogen and oxygen atoms in total. The second kappa shape index (κ2) is 9.60. The highest BCUT2D eigenvalue weighted by molar-refractivity contribution is 5.44. The minimum absolute atomic E-state index is 0.0465. The van der Waals surface area contributed by atoms with Crippen molar-refractivity contribution in [3.8, 4) is 11.5 Å². The first-order chi connectivity index (χ1) is 10.1. The molecule has 0 amide bonds. The molecule has 21 heavy (non-hydrogen) atoms. The fraction of sp³-hybridized carbons (Fsp3) is 0.625. The molecular weight excluding hydrogens is 270 g/mol. The summed E-state index contributed by atoms with van der Waals surface area (Å²) >= 11 is 0. The van der Waals surface area contributed by atoms with Gasteiger partial charge < -0.3 is 25.4 Å². The van der Waals surface area contributed by atoms with Gasteiger partial charge in [0.2, 0.25) is 0 Å². The normalized spacial score (nSPS) is 13.8. The van der Waals surface area contributed by atoms with Gasteiger partial charge in [-0.05, 0) is 37.0 Å². The van der Waals surface area contributed by atoms with Crippen molar-refractivity contribution in [2.75, 3.05) is 19.8 Å². The van der Waals surface area contributed by atoms with Crippen LogP contribution in [0.15, 0.2) is 18.2 Å². The zero-order chi connectivity index (χ0) is 15.7. The Balaban J connectivity index is 2.91. The first-order valence-electron chi connectivity index (χ1n) is 7.58. The highest BCUT2D eigenvalue weighted by Gasteiger charge is 2.18. The average Bonchev–Trinajstić information content (AvgIpc) is 2.50. The summed E-state index contributed by atoms with van der Waals surface area (Å²) in [5.41, 5.74) is 6.52. The van der Waals surface area contributed by atoms with E-state index in [1.807, 2.05) is 13.8 Å².